The monoisotopic (exact) mass is 543 g/mol. The average molecular weight is 544 g/mol. The number of likely N-dealkylation sites (tertiary alicyclic amines) is 1. The summed E-state index contributed by atoms with van der Waals surface area (Å²) in [5.41, 5.74) is 0.598. The SMILES string of the molecule is O=C(N[C@@H](c1ccccc1)c1ccc(C2CC(F)(F)C2)c(F)n1)[C@@H]1C[C@@H](F)CN1C(=O)Cc1c[nH]c(=O)cn1. The lowest BCUT2D eigenvalue weighted by Crippen LogP contribution is -2.47. The normalized spacial score (nSPS) is 21.3. The van der Waals surface area contributed by atoms with Crippen LogP contribution >= 0.6 is 0 Å². The molecule has 2 N–H and O–H groups in total. The Balaban J connectivity index is 1.36. The van der Waals surface area contributed by atoms with Crippen molar-refractivity contribution in [2.24, 2.45) is 0 Å². The van der Waals surface area contributed by atoms with E-state index in [0.717, 1.165) is 11.1 Å². The molecule has 12 heteroatoms. The zero-order valence-corrected chi connectivity index (χ0v) is 20.6. The minimum Gasteiger partial charge on any atom is -0.342 e. The van der Waals surface area contributed by atoms with Crippen LogP contribution in [0.2, 0.25) is 0 Å². The highest BCUT2D eigenvalue weighted by Crippen LogP contribution is 2.48. The van der Waals surface area contributed by atoms with Gasteiger partial charge in [-0.3, -0.25) is 19.4 Å². The van der Waals surface area contributed by atoms with Crippen LogP contribution in [-0.2, 0) is 16.0 Å². The van der Waals surface area contributed by atoms with Crippen LogP contribution in [0.3, 0.4) is 0 Å². The number of hydrogen-bond acceptors (Lipinski definition) is 5. The van der Waals surface area contributed by atoms with Crippen LogP contribution < -0.4 is 10.9 Å². The number of pyridine rings is 1. The number of hydrogen-bond donors (Lipinski definition) is 2. The summed E-state index contributed by atoms with van der Waals surface area (Å²) < 4.78 is 56.0. The lowest BCUT2D eigenvalue weighted by Gasteiger charge is -2.35. The van der Waals surface area contributed by atoms with Gasteiger partial charge in [0.15, 0.2) is 0 Å². The van der Waals surface area contributed by atoms with Crippen LogP contribution in [0.15, 0.2) is 59.7 Å². The summed E-state index contributed by atoms with van der Waals surface area (Å²) >= 11 is 0. The van der Waals surface area contributed by atoms with E-state index in [0.29, 0.717) is 5.56 Å². The molecule has 39 heavy (non-hydrogen) atoms. The maximum atomic E-state index is 14.9. The van der Waals surface area contributed by atoms with Crippen molar-refractivity contribution >= 4 is 11.8 Å². The second kappa shape index (κ2) is 10.6. The molecule has 0 bridgehead atoms. The summed E-state index contributed by atoms with van der Waals surface area (Å²) in [6, 6.07) is 9.39. The average Bonchev–Trinajstić information content (AvgIpc) is 3.29. The van der Waals surface area contributed by atoms with Crippen molar-refractivity contribution in [1.82, 2.24) is 25.2 Å². The Morgan fingerprint density at radius 1 is 1.15 bits per heavy atom. The largest absolute Gasteiger partial charge is 0.342 e. The Bertz CT molecular complexity index is 1410. The van der Waals surface area contributed by atoms with E-state index in [9.17, 15) is 31.9 Å². The number of halogens is 4. The molecule has 2 aromatic heterocycles. The first-order chi connectivity index (χ1) is 18.6. The fraction of sp³-hybridized carbons (Fsp3) is 0.370. The standard InChI is InChI=1S/C27H25F4N5O3/c28-17-8-21(36(14-17)23(38)9-18-12-33-22(37)13-32-18)26(39)35-24(15-4-2-1-3-5-15)20-7-6-19(25(29)34-20)16-10-27(30,31)11-16/h1-7,12-13,16-17,21,24H,8-11,14H2,(H,33,37)(H,35,39)/t17-,21+,24+/m1/s1. The minimum absolute atomic E-state index is 0.0894. The molecule has 5 rings (SSSR count). The molecule has 2 fully saturated rings. The summed E-state index contributed by atoms with van der Waals surface area (Å²) in [6.45, 7) is -0.288. The molecular weight excluding hydrogens is 518 g/mol. The number of carbonyl (C=O) groups excluding carboxylic acids is 2. The quantitative estimate of drug-likeness (QED) is 0.352. The number of benzene rings is 1. The third kappa shape index (κ3) is 5.84. The topological polar surface area (TPSA) is 108 Å². The zero-order valence-electron chi connectivity index (χ0n) is 20.6. The first-order valence-electron chi connectivity index (χ1n) is 12.5. The summed E-state index contributed by atoms with van der Waals surface area (Å²) in [4.78, 5) is 49.0. The van der Waals surface area contributed by atoms with Crippen molar-refractivity contribution in [2.75, 3.05) is 6.54 Å². The van der Waals surface area contributed by atoms with Gasteiger partial charge in [0.25, 0.3) is 5.56 Å². The molecule has 2 aliphatic rings. The van der Waals surface area contributed by atoms with Gasteiger partial charge in [0, 0.05) is 31.0 Å². The van der Waals surface area contributed by atoms with Gasteiger partial charge in [-0.15, -0.1) is 0 Å². The first-order valence-corrected chi connectivity index (χ1v) is 12.5. The zero-order chi connectivity index (χ0) is 27.7. The van der Waals surface area contributed by atoms with Crippen LogP contribution in [0, 0.1) is 5.95 Å². The van der Waals surface area contributed by atoms with Crippen LogP contribution in [0.25, 0.3) is 0 Å². The Morgan fingerprint density at radius 2 is 1.90 bits per heavy atom. The number of H-pyrrole nitrogens is 1. The maximum Gasteiger partial charge on any atom is 0.266 e. The van der Waals surface area contributed by atoms with Crippen molar-refractivity contribution in [3.05, 3.63) is 93.7 Å². The Labute approximate surface area is 220 Å². The molecule has 0 radical (unpaired) electrons. The number of rotatable bonds is 7. The van der Waals surface area contributed by atoms with Gasteiger partial charge in [0.2, 0.25) is 23.7 Å². The highest BCUT2D eigenvalue weighted by molar-refractivity contribution is 5.89. The van der Waals surface area contributed by atoms with Crippen molar-refractivity contribution in [2.45, 2.75) is 55.8 Å². The first kappa shape index (κ1) is 26.5. The fourth-order valence-electron chi connectivity index (χ4n) is 5.05. The molecule has 1 saturated carbocycles. The van der Waals surface area contributed by atoms with Crippen LogP contribution in [0.5, 0.6) is 0 Å². The summed E-state index contributed by atoms with van der Waals surface area (Å²) in [5, 5.41) is 2.77. The molecule has 2 amide bonds. The number of nitrogens with one attached hydrogen (secondary N) is 2. The van der Waals surface area contributed by atoms with Crippen molar-refractivity contribution < 1.29 is 27.2 Å². The van der Waals surface area contributed by atoms with Crippen LogP contribution in [0.4, 0.5) is 17.6 Å². The van der Waals surface area contributed by atoms with E-state index < -0.39 is 66.3 Å². The second-order valence-corrected chi connectivity index (χ2v) is 9.90. The predicted octanol–water partition coefficient (Wildman–Crippen LogP) is 3.20. The second-order valence-electron chi connectivity index (χ2n) is 9.90. The van der Waals surface area contributed by atoms with E-state index in [1.54, 1.807) is 30.3 Å². The van der Waals surface area contributed by atoms with E-state index in [1.165, 1.54) is 18.3 Å². The molecule has 1 aliphatic heterocycles. The molecular formula is C27H25F4N5O3. The Morgan fingerprint density at radius 3 is 2.54 bits per heavy atom. The van der Waals surface area contributed by atoms with Gasteiger partial charge in [0.05, 0.1) is 36.6 Å². The highest BCUT2D eigenvalue weighted by Gasteiger charge is 2.47. The maximum absolute atomic E-state index is 14.9. The van der Waals surface area contributed by atoms with E-state index >= 15 is 0 Å². The third-order valence-electron chi connectivity index (χ3n) is 7.08. The van der Waals surface area contributed by atoms with Gasteiger partial charge in [0.1, 0.15) is 12.2 Å². The molecule has 1 aliphatic carbocycles. The van der Waals surface area contributed by atoms with Crippen LogP contribution in [0.1, 0.15) is 53.7 Å². The molecule has 0 spiro atoms. The number of carbonyl (C=O) groups is 2. The molecule has 204 valence electrons. The van der Waals surface area contributed by atoms with E-state index in [-0.39, 0.29) is 36.3 Å². The highest BCUT2D eigenvalue weighted by atomic mass is 19.3. The Kier molecular flexibility index (Phi) is 7.19. The van der Waals surface area contributed by atoms with Gasteiger partial charge in [-0.05, 0) is 17.5 Å². The van der Waals surface area contributed by atoms with Gasteiger partial charge < -0.3 is 15.2 Å². The number of alkyl halides is 3. The predicted molar refractivity (Wildman–Crippen MR) is 131 cm³/mol. The molecule has 1 aromatic carbocycles. The van der Waals surface area contributed by atoms with E-state index in [1.807, 2.05) is 0 Å². The lowest BCUT2D eigenvalue weighted by molar-refractivity contribution is -0.138. The summed E-state index contributed by atoms with van der Waals surface area (Å²) in [7, 11) is 0. The summed E-state index contributed by atoms with van der Waals surface area (Å²) in [5.74, 6) is -5.54. The van der Waals surface area contributed by atoms with Gasteiger partial charge in [-0.25, -0.2) is 18.2 Å². The number of amides is 2. The number of aromatic nitrogens is 3. The van der Waals surface area contributed by atoms with Crippen molar-refractivity contribution in [1.29, 1.82) is 0 Å². The van der Waals surface area contributed by atoms with Crippen LogP contribution in [-0.4, -0.2) is 56.3 Å². The van der Waals surface area contributed by atoms with Gasteiger partial charge in [-0.1, -0.05) is 36.4 Å². The Hall–Kier alpha value is -4.09. The summed E-state index contributed by atoms with van der Waals surface area (Å²) in [6.07, 6.45) is -0.508. The molecule has 3 heterocycles. The minimum atomic E-state index is -2.82. The van der Waals surface area contributed by atoms with E-state index in [2.05, 4.69) is 20.3 Å². The number of nitrogens with zero attached hydrogens (tertiary/aromatic N) is 3. The molecule has 0 unspecified atom stereocenters. The fourth-order valence-corrected chi connectivity index (χ4v) is 5.05. The molecule has 3 aromatic rings. The molecule has 1 saturated heterocycles. The van der Waals surface area contributed by atoms with Gasteiger partial charge >= 0.3 is 0 Å². The lowest BCUT2D eigenvalue weighted by atomic mass is 9.77. The number of aromatic amines is 1. The smallest absolute Gasteiger partial charge is 0.266 e. The van der Waals surface area contributed by atoms with Crippen molar-refractivity contribution in [3.63, 3.8) is 0 Å². The van der Waals surface area contributed by atoms with Crippen molar-refractivity contribution in [3.8, 4) is 0 Å². The molecule has 8 nitrogen and oxygen atoms in total. The third-order valence-corrected chi connectivity index (χ3v) is 7.08. The van der Waals surface area contributed by atoms with E-state index in [4.69, 9.17) is 0 Å². The van der Waals surface area contributed by atoms with Gasteiger partial charge in [-0.2, -0.15) is 4.39 Å². The molecule has 3 atom stereocenters.